The fourth-order valence-electron chi connectivity index (χ4n) is 6.13. The molecular formula is C29H36ClN7O. The predicted octanol–water partition coefficient (Wildman–Crippen LogP) is 4.37. The average molecular weight is 534 g/mol. The van der Waals surface area contributed by atoms with E-state index in [1.54, 1.807) is 0 Å². The third-order valence-electron chi connectivity index (χ3n) is 8.46. The van der Waals surface area contributed by atoms with Gasteiger partial charge in [0.15, 0.2) is 0 Å². The number of aromatic nitrogens is 3. The Morgan fingerprint density at radius 1 is 1.00 bits per heavy atom. The van der Waals surface area contributed by atoms with Gasteiger partial charge in [0, 0.05) is 74.9 Å². The third-order valence-corrected chi connectivity index (χ3v) is 8.77. The summed E-state index contributed by atoms with van der Waals surface area (Å²) in [6, 6.07) is 8.45. The Morgan fingerprint density at radius 2 is 1.76 bits per heavy atom. The molecule has 5 heterocycles. The van der Waals surface area contributed by atoms with E-state index in [0.717, 1.165) is 110 Å². The van der Waals surface area contributed by atoms with E-state index in [-0.39, 0.29) is 5.91 Å². The molecule has 0 bridgehead atoms. The normalized spacial score (nSPS) is 18.8. The smallest absolute Gasteiger partial charge is 0.253 e. The molecule has 200 valence electrons. The monoisotopic (exact) mass is 533 g/mol. The zero-order valence-electron chi connectivity index (χ0n) is 22.5. The highest BCUT2D eigenvalue weighted by Crippen LogP contribution is 2.35. The standard InChI is InChI=1S/C29H36ClN7O/c1-19-16-21(28(38)36-9-7-23(8-10-36)35-14-12-34(3)13-15-35)4-5-24(19)32-29-31-18-22-6-11-37-25(30)17-20(2)27(37)26(22)33-29/h4-5,16-18,23H,6-15H2,1-3H3,(H,31,32,33). The van der Waals surface area contributed by atoms with Gasteiger partial charge in [-0.15, -0.1) is 0 Å². The van der Waals surface area contributed by atoms with Crippen LogP contribution in [-0.2, 0) is 13.0 Å². The van der Waals surface area contributed by atoms with Crippen molar-refractivity contribution in [2.24, 2.45) is 0 Å². The number of carbonyl (C=O) groups is 1. The zero-order valence-corrected chi connectivity index (χ0v) is 23.3. The van der Waals surface area contributed by atoms with Crippen molar-refractivity contribution in [1.82, 2.24) is 29.2 Å². The Morgan fingerprint density at radius 3 is 2.50 bits per heavy atom. The number of anilines is 2. The largest absolute Gasteiger partial charge is 0.339 e. The number of aryl methyl sites for hydroxylation is 3. The van der Waals surface area contributed by atoms with Crippen molar-refractivity contribution in [2.45, 2.75) is 45.7 Å². The van der Waals surface area contributed by atoms with E-state index in [9.17, 15) is 4.79 Å². The molecule has 1 aromatic carbocycles. The zero-order chi connectivity index (χ0) is 26.4. The van der Waals surface area contributed by atoms with Gasteiger partial charge in [0.25, 0.3) is 5.91 Å². The Balaban J connectivity index is 1.12. The second-order valence-electron chi connectivity index (χ2n) is 11.0. The lowest BCUT2D eigenvalue weighted by molar-refractivity contribution is 0.0518. The van der Waals surface area contributed by atoms with Crippen molar-refractivity contribution in [2.75, 3.05) is 51.6 Å². The second kappa shape index (κ2) is 10.3. The van der Waals surface area contributed by atoms with Crippen LogP contribution in [0.15, 0.2) is 30.5 Å². The van der Waals surface area contributed by atoms with Crippen LogP contribution < -0.4 is 5.32 Å². The molecule has 2 aromatic heterocycles. The Bertz CT molecular complexity index is 1350. The first kappa shape index (κ1) is 25.3. The second-order valence-corrected chi connectivity index (χ2v) is 11.4. The summed E-state index contributed by atoms with van der Waals surface area (Å²) in [5, 5.41) is 4.12. The van der Waals surface area contributed by atoms with E-state index in [1.165, 1.54) is 0 Å². The van der Waals surface area contributed by atoms with Crippen LogP contribution in [0.4, 0.5) is 11.6 Å². The Hall–Kier alpha value is -2.94. The number of nitrogens with one attached hydrogen (secondary N) is 1. The number of hydrogen-bond donors (Lipinski definition) is 1. The lowest BCUT2D eigenvalue weighted by Crippen LogP contribution is -2.52. The molecule has 0 saturated carbocycles. The number of piperazine rings is 1. The van der Waals surface area contributed by atoms with Crippen LogP contribution in [0.5, 0.6) is 0 Å². The number of amides is 1. The Labute approximate surface area is 229 Å². The lowest BCUT2D eigenvalue weighted by Gasteiger charge is -2.42. The van der Waals surface area contributed by atoms with Crippen molar-refractivity contribution >= 4 is 29.1 Å². The number of nitrogens with zero attached hydrogens (tertiary/aromatic N) is 6. The van der Waals surface area contributed by atoms with Crippen molar-refractivity contribution < 1.29 is 4.79 Å². The van der Waals surface area contributed by atoms with E-state index in [2.05, 4.69) is 38.6 Å². The summed E-state index contributed by atoms with van der Waals surface area (Å²) < 4.78 is 2.12. The number of halogens is 1. The van der Waals surface area contributed by atoms with E-state index < -0.39 is 0 Å². The Kier molecular flexibility index (Phi) is 6.88. The van der Waals surface area contributed by atoms with Gasteiger partial charge >= 0.3 is 0 Å². The molecule has 1 N–H and O–H groups in total. The highest BCUT2D eigenvalue weighted by atomic mass is 35.5. The van der Waals surface area contributed by atoms with Crippen LogP contribution in [0.1, 0.15) is 39.9 Å². The molecule has 2 fully saturated rings. The summed E-state index contributed by atoms with van der Waals surface area (Å²) in [6.45, 7) is 11.1. The van der Waals surface area contributed by atoms with Crippen molar-refractivity contribution in [1.29, 1.82) is 0 Å². The summed E-state index contributed by atoms with van der Waals surface area (Å²) >= 11 is 6.43. The highest BCUT2D eigenvalue weighted by Gasteiger charge is 2.29. The average Bonchev–Trinajstić information content (AvgIpc) is 3.23. The number of likely N-dealkylation sites (N-methyl/N-ethyl adjacent to an activating group) is 1. The van der Waals surface area contributed by atoms with E-state index in [0.29, 0.717) is 12.0 Å². The maximum absolute atomic E-state index is 13.3. The molecule has 38 heavy (non-hydrogen) atoms. The van der Waals surface area contributed by atoms with Gasteiger partial charge in [-0.2, -0.15) is 0 Å². The van der Waals surface area contributed by atoms with Gasteiger partial charge in [0.05, 0.1) is 11.4 Å². The van der Waals surface area contributed by atoms with Crippen molar-refractivity contribution in [3.05, 3.63) is 57.9 Å². The number of benzene rings is 1. The number of carbonyl (C=O) groups excluding carboxylic acids is 1. The molecule has 3 aromatic rings. The predicted molar refractivity (Wildman–Crippen MR) is 151 cm³/mol. The maximum atomic E-state index is 13.3. The maximum Gasteiger partial charge on any atom is 0.253 e. The minimum atomic E-state index is 0.120. The molecule has 0 aliphatic carbocycles. The first-order valence-electron chi connectivity index (χ1n) is 13.7. The van der Waals surface area contributed by atoms with E-state index >= 15 is 0 Å². The van der Waals surface area contributed by atoms with Crippen LogP contribution in [0.3, 0.4) is 0 Å². The summed E-state index contributed by atoms with van der Waals surface area (Å²) in [5.41, 5.74) is 6.88. The summed E-state index contributed by atoms with van der Waals surface area (Å²) in [7, 11) is 2.19. The number of rotatable bonds is 4. The van der Waals surface area contributed by atoms with Crippen LogP contribution in [-0.4, -0.2) is 87.5 Å². The molecular weight excluding hydrogens is 498 g/mol. The van der Waals surface area contributed by atoms with Crippen LogP contribution in [0.25, 0.3) is 11.4 Å². The number of likely N-dealkylation sites (tertiary alicyclic amines) is 1. The first-order valence-corrected chi connectivity index (χ1v) is 14.1. The minimum absolute atomic E-state index is 0.120. The van der Waals surface area contributed by atoms with Crippen molar-refractivity contribution in [3.8, 4) is 11.4 Å². The molecule has 9 heteroatoms. The van der Waals surface area contributed by atoms with Gasteiger partial charge in [-0.3, -0.25) is 9.69 Å². The van der Waals surface area contributed by atoms with Crippen LogP contribution in [0, 0.1) is 13.8 Å². The van der Waals surface area contributed by atoms with E-state index in [4.69, 9.17) is 16.6 Å². The molecule has 2 saturated heterocycles. The minimum Gasteiger partial charge on any atom is -0.339 e. The van der Waals surface area contributed by atoms with Crippen LogP contribution >= 0.6 is 11.6 Å². The molecule has 1 amide bonds. The molecule has 8 nitrogen and oxygen atoms in total. The summed E-state index contributed by atoms with van der Waals surface area (Å²) in [6.07, 6.45) is 4.88. The lowest BCUT2D eigenvalue weighted by atomic mass is 10.0. The van der Waals surface area contributed by atoms with Gasteiger partial charge in [0.1, 0.15) is 5.15 Å². The van der Waals surface area contributed by atoms with E-state index in [1.807, 2.05) is 42.3 Å². The van der Waals surface area contributed by atoms with Gasteiger partial charge in [-0.05, 0) is 75.5 Å². The quantitative estimate of drug-likeness (QED) is 0.537. The molecule has 6 rings (SSSR count). The number of piperidine rings is 1. The molecule has 3 aliphatic rings. The fraction of sp³-hybridized carbons (Fsp3) is 0.483. The van der Waals surface area contributed by atoms with Gasteiger partial charge in [-0.25, -0.2) is 9.97 Å². The van der Waals surface area contributed by atoms with Gasteiger partial charge in [-0.1, -0.05) is 11.6 Å². The van der Waals surface area contributed by atoms with Gasteiger partial charge < -0.3 is 19.7 Å². The first-order chi connectivity index (χ1) is 18.4. The molecule has 0 spiro atoms. The number of fused-ring (bicyclic) bond motifs is 3. The molecule has 3 aliphatic heterocycles. The topological polar surface area (TPSA) is 69.5 Å². The SMILES string of the molecule is Cc1cc(C(=O)N2CCC(N3CCN(C)CC3)CC2)ccc1Nc1ncc2c(n1)-c1c(C)cc(Cl)n1CC2. The van der Waals surface area contributed by atoms with Gasteiger partial charge in [0.2, 0.25) is 5.95 Å². The summed E-state index contributed by atoms with van der Waals surface area (Å²) in [5.74, 6) is 0.664. The number of hydrogen-bond acceptors (Lipinski definition) is 6. The van der Waals surface area contributed by atoms with Crippen molar-refractivity contribution in [3.63, 3.8) is 0 Å². The molecule has 0 atom stereocenters. The summed E-state index contributed by atoms with van der Waals surface area (Å²) in [4.78, 5) is 29.8. The van der Waals surface area contributed by atoms with Crippen LogP contribution in [0.2, 0.25) is 5.15 Å². The fourth-order valence-corrected chi connectivity index (χ4v) is 6.46. The molecule has 0 unspecified atom stereocenters. The molecule has 0 radical (unpaired) electrons. The third kappa shape index (κ3) is 4.81. The highest BCUT2D eigenvalue weighted by molar-refractivity contribution is 6.30.